The summed E-state index contributed by atoms with van der Waals surface area (Å²) in [5.41, 5.74) is 7.36. The van der Waals surface area contributed by atoms with Gasteiger partial charge in [-0.25, -0.2) is 0 Å². The first-order valence-electron chi connectivity index (χ1n) is 8.41. The van der Waals surface area contributed by atoms with Crippen LogP contribution >= 0.6 is 0 Å². The molecule has 0 aliphatic heterocycles. The maximum Gasteiger partial charge on any atom is 0.323 e. The zero-order chi connectivity index (χ0) is 16.2. The fourth-order valence-electron chi connectivity index (χ4n) is 3.29. The smallest absolute Gasteiger partial charge is 0.323 e. The Morgan fingerprint density at radius 2 is 2.05 bits per heavy atom. The average molecular weight is 303 g/mol. The number of rotatable bonds is 5. The molecule has 122 valence electrons. The van der Waals surface area contributed by atoms with Gasteiger partial charge in [0.1, 0.15) is 12.1 Å². The molecule has 2 rings (SSSR count). The van der Waals surface area contributed by atoms with E-state index in [-0.39, 0.29) is 17.5 Å². The lowest BCUT2D eigenvalue weighted by Gasteiger charge is -2.41. The Morgan fingerprint density at radius 3 is 2.68 bits per heavy atom. The van der Waals surface area contributed by atoms with Crippen LogP contribution < -0.4 is 5.73 Å². The molecule has 0 spiro atoms. The molecule has 1 fully saturated rings. The number of nitrogens with two attached hydrogens (primary N) is 1. The minimum atomic E-state index is -0.574. The molecule has 2 unspecified atom stereocenters. The van der Waals surface area contributed by atoms with E-state index >= 15 is 0 Å². The van der Waals surface area contributed by atoms with Gasteiger partial charge in [-0.2, -0.15) is 0 Å². The Kier molecular flexibility index (Phi) is 5.63. The van der Waals surface area contributed by atoms with Gasteiger partial charge in [0, 0.05) is 0 Å². The van der Waals surface area contributed by atoms with Crippen molar-refractivity contribution in [1.82, 2.24) is 0 Å². The third kappa shape index (κ3) is 4.33. The minimum absolute atomic E-state index is 0.0236. The van der Waals surface area contributed by atoms with Gasteiger partial charge < -0.3 is 10.5 Å². The summed E-state index contributed by atoms with van der Waals surface area (Å²) in [5, 5.41) is 0. The van der Waals surface area contributed by atoms with Gasteiger partial charge in [0.15, 0.2) is 0 Å². The summed E-state index contributed by atoms with van der Waals surface area (Å²) in [4.78, 5) is 12.2. The second-order valence-corrected chi connectivity index (χ2v) is 7.26. The first kappa shape index (κ1) is 17.0. The number of hydrogen-bond donors (Lipinski definition) is 1. The van der Waals surface area contributed by atoms with Crippen molar-refractivity contribution in [2.24, 2.45) is 17.1 Å². The van der Waals surface area contributed by atoms with Crippen LogP contribution in [-0.4, -0.2) is 18.1 Å². The topological polar surface area (TPSA) is 52.3 Å². The number of esters is 1. The van der Waals surface area contributed by atoms with Gasteiger partial charge in [0.25, 0.3) is 0 Å². The molecule has 3 heteroatoms. The zero-order valence-electron chi connectivity index (χ0n) is 14.0. The second kappa shape index (κ2) is 7.28. The fourth-order valence-corrected chi connectivity index (χ4v) is 3.29. The van der Waals surface area contributed by atoms with Crippen molar-refractivity contribution in [2.75, 3.05) is 0 Å². The monoisotopic (exact) mass is 303 g/mol. The molecule has 1 aliphatic carbocycles. The summed E-state index contributed by atoms with van der Waals surface area (Å²) >= 11 is 0. The molecule has 1 aromatic carbocycles. The predicted molar refractivity (Wildman–Crippen MR) is 89.4 cm³/mol. The van der Waals surface area contributed by atoms with Crippen LogP contribution in [0.1, 0.15) is 52.0 Å². The molecule has 0 amide bonds. The lowest BCUT2D eigenvalue weighted by Crippen LogP contribution is -2.40. The molecule has 3 atom stereocenters. The van der Waals surface area contributed by atoms with Crippen LogP contribution in [0, 0.1) is 11.3 Å². The molecular weight excluding hydrogens is 274 g/mol. The van der Waals surface area contributed by atoms with Crippen molar-refractivity contribution < 1.29 is 9.53 Å². The van der Waals surface area contributed by atoms with E-state index in [0.717, 1.165) is 24.8 Å². The van der Waals surface area contributed by atoms with Gasteiger partial charge in [0.05, 0.1) is 0 Å². The normalized spacial score (nSPS) is 26.7. The van der Waals surface area contributed by atoms with Crippen LogP contribution in [0.4, 0.5) is 0 Å². The van der Waals surface area contributed by atoms with Gasteiger partial charge in [0.2, 0.25) is 0 Å². The van der Waals surface area contributed by atoms with Crippen molar-refractivity contribution in [1.29, 1.82) is 0 Å². The maximum absolute atomic E-state index is 12.2. The molecule has 22 heavy (non-hydrogen) atoms. The zero-order valence-corrected chi connectivity index (χ0v) is 14.0. The molecule has 1 aliphatic rings. The molecule has 3 nitrogen and oxygen atoms in total. The maximum atomic E-state index is 12.2. The summed E-state index contributed by atoms with van der Waals surface area (Å²) in [6.45, 7) is 6.82. The quantitative estimate of drug-likeness (QED) is 0.844. The van der Waals surface area contributed by atoms with Crippen molar-refractivity contribution in [3.63, 3.8) is 0 Å². The Balaban J connectivity index is 1.88. The van der Waals surface area contributed by atoms with Crippen LogP contribution in [0.5, 0.6) is 0 Å². The molecule has 0 aromatic heterocycles. The van der Waals surface area contributed by atoms with Crippen molar-refractivity contribution in [3.8, 4) is 0 Å². The third-order valence-electron chi connectivity index (χ3n) is 5.25. The van der Waals surface area contributed by atoms with Gasteiger partial charge in [-0.15, -0.1) is 0 Å². The summed E-state index contributed by atoms with van der Waals surface area (Å²) in [6.07, 6.45) is 4.82. The lowest BCUT2D eigenvalue weighted by molar-refractivity contribution is -0.154. The highest BCUT2D eigenvalue weighted by Crippen LogP contribution is 2.42. The van der Waals surface area contributed by atoms with Gasteiger partial charge in [-0.3, -0.25) is 4.79 Å². The van der Waals surface area contributed by atoms with Gasteiger partial charge in [-0.05, 0) is 49.0 Å². The number of carbonyl (C=O) groups excluding carboxylic acids is 1. The SMILES string of the molecule is CC(C)C1(C)CCCC(OC(=O)[C@@H](N)Cc2ccccc2)C1. The lowest BCUT2D eigenvalue weighted by atomic mass is 9.67. The van der Waals surface area contributed by atoms with Crippen LogP contribution in [0.15, 0.2) is 30.3 Å². The standard InChI is InChI=1S/C19H29NO2/c1-14(2)19(3)11-7-10-16(13-19)22-18(21)17(20)12-15-8-5-4-6-9-15/h4-6,8-9,14,16-17H,7,10-13,20H2,1-3H3/t16?,17-,19?/m0/s1. The second-order valence-electron chi connectivity index (χ2n) is 7.26. The molecule has 0 radical (unpaired) electrons. The molecular formula is C19H29NO2. The van der Waals surface area contributed by atoms with E-state index in [2.05, 4.69) is 20.8 Å². The summed E-state index contributed by atoms with van der Waals surface area (Å²) < 4.78 is 5.71. The van der Waals surface area contributed by atoms with E-state index < -0.39 is 6.04 Å². The van der Waals surface area contributed by atoms with E-state index in [1.54, 1.807) is 0 Å². The highest BCUT2D eigenvalue weighted by molar-refractivity contribution is 5.76. The van der Waals surface area contributed by atoms with Crippen molar-refractivity contribution in [2.45, 2.75) is 65.0 Å². The first-order valence-corrected chi connectivity index (χ1v) is 8.41. The Morgan fingerprint density at radius 1 is 1.36 bits per heavy atom. The number of hydrogen-bond acceptors (Lipinski definition) is 3. The van der Waals surface area contributed by atoms with Crippen molar-refractivity contribution in [3.05, 3.63) is 35.9 Å². The van der Waals surface area contributed by atoms with Crippen LogP contribution in [-0.2, 0) is 16.0 Å². The summed E-state index contributed by atoms with van der Waals surface area (Å²) in [5.74, 6) is 0.342. The van der Waals surface area contributed by atoms with Crippen LogP contribution in [0.3, 0.4) is 0 Å². The number of carbonyl (C=O) groups is 1. The van der Waals surface area contributed by atoms with E-state index in [1.165, 1.54) is 6.42 Å². The van der Waals surface area contributed by atoms with E-state index in [9.17, 15) is 4.79 Å². The van der Waals surface area contributed by atoms with Crippen LogP contribution in [0.25, 0.3) is 0 Å². The summed E-state index contributed by atoms with van der Waals surface area (Å²) in [7, 11) is 0. The van der Waals surface area contributed by atoms with Crippen LogP contribution in [0.2, 0.25) is 0 Å². The minimum Gasteiger partial charge on any atom is -0.461 e. The van der Waals surface area contributed by atoms with Gasteiger partial charge in [-0.1, -0.05) is 51.1 Å². The molecule has 0 saturated heterocycles. The third-order valence-corrected chi connectivity index (χ3v) is 5.25. The Hall–Kier alpha value is -1.35. The van der Waals surface area contributed by atoms with Gasteiger partial charge >= 0.3 is 5.97 Å². The molecule has 1 saturated carbocycles. The predicted octanol–water partition coefficient (Wildman–Crippen LogP) is 3.70. The van der Waals surface area contributed by atoms with E-state index in [1.807, 2.05) is 30.3 Å². The Bertz CT molecular complexity index is 485. The molecule has 2 N–H and O–H groups in total. The number of benzene rings is 1. The van der Waals surface area contributed by atoms with E-state index in [4.69, 9.17) is 10.5 Å². The average Bonchev–Trinajstić information content (AvgIpc) is 2.48. The first-order chi connectivity index (χ1) is 10.4. The van der Waals surface area contributed by atoms with E-state index in [0.29, 0.717) is 12.3 Å². The Labute approximate surface area is 134 Å². The number of ether oxygens (including phenoxy) is 1. The summed E-state index contributed by atoms with van der Waals surface area (Å²) in [6, 6.07) is 9.29. The van der Waals surface area contributed by atoms with Crippen molar-refractivity contribution >= 4 is 5.97 Å². The molecule has 0 heterocycles. The molecule has 1 aromatic rings. The fraction of sp³-hybridized carbons (Fsp3) is 0.632. The highest BCUT2D eigenvalue weighted by atomic mass is 16.5. The molecule has 0 bridgehead atoms. The highest BCUT2D eigenvalue weighted by Gasteiger charge is 2.36. The largest absolute Gasteiger partial charge is 0.461 e.